The summed E-state index contributed by atoms with van der Waals surface area (Å²) in [6.07, 6.45) is 3.09. The Labute approximate surface area is 128 Å². The SMILES string of the molecule is CCCc1ccc(NS(=O)(=O)c2c[nH]c(=O)c(Cl)c2)cc1. The van der Waals surface area contributed by atoms with Crippen molar-refractivity contribution in [3.8, 4) is 0 Å². The second-order valence-corrected chi connectivity index (χ2v) is 6.65. The van der Waals surface area contributed by atoms with Crippen LogP contribution in [0.1, 0.15) is 18.9 Å². The predicted octanol–water partition coefficient (Wildman–Crippen LogP) is 2.78. The van der Waals surface area contributed by atoms with Crippen LogP contribution in [0.25, 0.3) is 0 Å². The lowest BCUT2D eigenvalue weighted by atomic mass is 10.1. The molecule has 1 aromatic carbocycles. The van der Waals surface area contributed by atoms with Gasteiger partial charge in [-0.05, 0) is 30.2 Å². The minimum atomic E-state index is -3.78. The highest BCUT2D eigenvalue weighted by molar-refractivity contribution is 7.92. The number of hydrogen-bond acceptors (Lipinski definition) is 3. The van der Waals surface area contributed by atoms with Gasteiger partial charge in [-0.15, -0.1) is 0 Å². The number of hydrogen-bond donors (Lipinski definition) is 2. The van der Waals surface area contributed by atoms with Gasteiger partial charge in [-0.25, -0.2) is 8.42 Å². The van der Waals surface area contributed by atoms with E-state index >= 15 is 0 Å². The molecule has 5 nitrogen and oxygen atoms in total. The number of nitrogens with one attached hydrogen (secondary N) is 2. The average molecular weight is 327 g/mol. The van der Waals surface area contributed by atoms with E-state index in [1.165, 1.54) is 0 Å². The third-order valence-electron chi connectivity index (χ3n) is 2.89. The molecule has 2 N–H and O–H groups in total. The predicted molar refractivity (Wildman–Crippen MR) is 83.3 cm³/mol. The van der Waals surface area contributed by atoms with Crippen LogP contribution in [0.15, 0.2) is 46.2 Å². The van der Waals surface area contributed by atoms with Gasteiger partial charge >= 0.3 is 0 Å². The maximum absolute atomic E-state index is 12.2. The molecule has 1 heterocycles. The van der Waals surface area contributed by atoms with Gasteiger partial charge in [0, 0.05) is 11.9 Å². The summed E-state index contributed by atoms with van der Waals surface area (Å²) in [5.41, 5.74) is 1.07. The van der Waals surface area contributed by atoms with Crippen molar-refractivity contribution in [2.45, 2.75) is 24.7 Å². The van der Waals surface area contributed by atoms with Crippen molar-refractivity contribution in [2.24, 2.45) is 0 Å². The minimum Gasteiger partial charge on any atom is -0.326 e. The fraction of sp³-hybridized carbons (Fsp3) is 0.214. The molecule has 0 aliphatic rings. The van der Waals surface area contributed by atoms with Gasteiger partial charge in [0.05, 0.1) is 0 Å². The van der Waals surface area contributed by atoms with Crippen LogP contribution in [0.2, 0.25) is 5.02 Å². The van der Waals surface area contributed by atoms with Crippen LogP contribution >= 0.6 is 11.6 Å². The quantitative estimate of drug-likeness (QED) is 0.886. The summed E-state index contributed by atoms with van der Waals surface area (Å²) in [5.74, 6) is 0. The Hall–Kier alpha value is -1.79. The number of benzene rings is 1. The molecular formula is C14H15ClN2O3S. The number of sulfonamides is 1. The van der Waals surface area contributed by atoms with Crippen LogP contribution in [0.3, 0.4) is 0 Å². The maximum atomic E-state index is 12.2. The number of anilines is 1. The second-order valence-electron chi connectivity index (χ2n) is 4.56. The van der Waals surface area contributed by atoms with Crippen molar-refractivity contribution in [2.75, 3.05) is 4.72 Å². The third kappa shape index (κ3) is 3.86. The molecule has 1 aromatic heterocycles. The summed E-state index contributed by atoms with van der Waals surface area (Å²) in [7, 11) is -3.78. The molecule has 2 rings (SSSR count). The molecule has 0 aliphatic carbocycles. The largest absolute Gasteiger partial charge is 0.326 e. The summed E-state index contributed by atoms with van der Waals surface area (Å²) in [6.45, 7) is 2.08. The van der Waals surface area contributed by atoms with Crippen LogP contribution in [0.5, 0.6) is 0 Å². The zero-order valence-corrected chi connectivity index (χ0v) is 13.0. The normalized spacial score (nSPS) is 11.3. The fourth-order valence-corrected chi connectivity index (χ4v) is 3.12. The molecule has 0 spiro atoms. The van der Waals surface area contributed by atoms with Crippen molar-refractivity contribution >= 4 is 27.3 Å². The summed E-state index contributed by atoms with van der Waals surface area (Å²) < 4.78 is 26.8. The molecular weight excluding hydrogens is 312 g/mol. The average Bonchev–Trinajstić information content (AvgIpc) is 2.44. The Balaban J connectivity index is 2.24. The van der Waals surface area contributed by atoms with Crippen LogP contribution in [-0.2, 0) is 16.4 Å². The first kappa shape index (κ1) is 15.6. The monoisotopic (exact) mass is 326 g/mol. The van der Waals surface area contributed by atoms with E-state index in [9.17, 15) is 13.2 Å². The molecule has 0 fully saturated rings. The van der Waals surface area contributed by atoms with Gasteiger partial charge in [-0.1, -0.05) is 37.1 Å². The summed E-state index contributed by atoms with van der Waals surface area (Å²) in [5, 5.41) is -0.170. The molecule has 7 heteroatoms. The molecule has 112 valence electrons. The van der Waals surface area contributed by atoms with Crippen LogP contribution in [-0.4, -0.2) is 13.4 Å². The van der Waals surface area contributed by atoms with Crippen molar-refractivity contribution < 1.29 is 8.42 Å². The van der Waals surface area contributed by atoms with Gasteiger partial charge in [0.25, 0.3) is 15.6 Å². The van der Waals surface area contributed by atoms with Crippen molar-refractivity contribution in [3.05, 3.63) is 57.5 Å². The standard InChI is InChI=1S/C14H15ClN2O3S/c1-2-3-10-4-6-11(7-5-10)17-21(19,20)12-8-13(15)14(18)16-9-12/h4-9,17H,2-3H2,1H3,(H,16,18). The van der Waals surface area contributed by atoms with E-state index < -0.39 is 15.6 Å². The van der Waals surface area contributed by atoms with Crippen LogP contribution in [0.4, 0.5) is 5.69 Å². The first-order valence-electron chi connectivity index (χ1n) is 6.42. The summed E-state index contributed by atoms with van der Waals surface area (Å²) in [6, 6.07) is 8.28. The molecule has 2 aromatic rings. The number of aromatic amines is 1. The Morgan fingerprint density at radius 2 is 1.90 bits per heavy atom. The number of H-pyrrole nitrogens is 1. The smallest absolute Gasteiger partial charge is 0.266 e. The second kappa shape index (κ2) is 6.32. The first-order chi connectivity index (χ1) is 9.92. The van der Waals surface area contributed by atoms with Crippen LogP contribution in [0, 0.1) is 0 Å². The van der Waals surface area contributed by atoms with E-state index in [0.29, 0.717) is 5.69 Å². The van der Waals surface area contributed by atoms with E-state index in [2.05, 4.69) is 16.6 Å². The Kier molecular flexibility index (Phi) is 4.69. The number of rotatable bonds is 5. The fourth-order valence-electron chi connectivity index (χ4n) is 1.84. The molecule has 0 atom stereocenters. The van der Waals surface area contributed by atoms with Gasteiger partial charge in [-0.2, -0.15) is 0 Å². The van der Waals surface area contributed by atoms with E-state index in [0.717, 1.165) is 30.7 Å². The first-order valence-corrected chi connectivity index (χ1v) is 8.28. The Morgan fingerprint density at radius 3 is 2.48 bits per heavy atom. The van der Waals surface area contributed by atoms with Gasteiger partial charge < -0.3 is 4.98 Å². The highest BCUT2D eigenvalue weighted by Crippen LogP contribution is 2.17. The lowest BCUT2D eigenvalue weighted by Crippen LogP contribution is -2.16. The Bertz CT molecular complexity index is 783. The highest BCUT2D eigenvalue weighted by Gasteiger charge is 2.15. The molecule has 0 radical (unpaired) electrons. The summed E-state index contributed by atoms with van der Waals surface area (Å²) >= 11 is 5.64. The van der Waals surface area contributed by atoms with Crippen molar-refractivity contribution in [3.63, 3.8) is 0 Å². The highest BCUT2D eigenvalue weighted by atomic mass is 35.5. The summed E-state index contributed by atoms with van der Waals surface area (Å²) in [4.78, 5) is 13.3. The van der Waals surface area contributed by atoms with E-state index in [-0.39, 0.29) is 9.92 Å². The van der Waals surface area contributed by atoms with Gasteiger partial charge in [0.1, 0.15) is 9.92 Å². The van der Waals surface area contributed by atoms with E-state index in [1.54, 1.807) is 12.1 Å². The molecule has 0 bridgehead atoms. The number of halogens is 1. The lowest BCUT2D eigenvalue weighted by molar-refractivity contribution is 0.600. The number of aromatic nitrogens is 1. The molecule has 0 saturated carbocycles. The zero-order valence-electron chi connectivity index (χ0n) is 11.4. The number of aryl methyl sites for hydroxylation is 1. The van der Waals surface area contributed by atoms with Gasteiger partial charge in [-0.3, -0.25) is 9.52 Å². The third-order valence-corrected chi connectivity index (χ3v) is 4.53. The van der Waals surface area contributed by atoms with Crippen molar-refractivity contribution in [1.82, 2.24) is 4.98 Å². The van der Waals surface area contributed by atoms with Crippen LogP contribution < -0.4 is 10.3 Å². The van der Waals surface area contributed by atoms with Gasteiger partial charge in [0.15, 0.2) is 0 Å². The van der Waals surface area contributed by atoms with Gasteiger partial charge in [0.2, 0.25) is 0 Å². The minimum absolute atomic E-state index is 0.0928. The topological polar surface area (TPSA) is 79.0 Å². The van der Waals surface area contributed by atoms with E-state index in [1.807, 2.05) is 12.1 Å². The number of pyridine rings is 1. The van der Waals surface area contributed by atoms with Crippen molar-refractivity contribution in [1.29, 1.82) is 0 Å². The molecule has 0 amide bonds. The Morgan fingerprint density at radius 1 is 1.24 bits per heavy atom. The van der Waals surface area contributed by atoms with E-state index in [4.69, 9.17) is 11.6 Å². The molecule has 0 aliphatic heterocycles. The molecule has 21 heavy (non-hydrogen) atoms. The lowest BCUT2D eigenvalue weighted by Gasteiger charge is -2.08. The molecule has 0 saturated heterocycles. The zero-order chi connectivity index (χ0) is 15.5. The maximum Gasteiger partial charge on any atom is 0.266 e. The molecule has 0 unspecified atom stereocenters.